The van der Waals surface area contributed by atoms with Gasteiger partial charge in [-0.15, -0.1) is 0 Å². The molecule has 0 saturated carbocycles. The van der Waals surface area contributed by atoms with E-state index in [2.05, 4.69) is 37.8 Å². The second-order valence-electron chi connectivity index (χ2n) is 3.72. The summed E-state index contributed by atoms with van der Waals surface area (Å²) in [6, 6.07) is 0. The number of rotatable bonds is 1. The van der Waals surface area contributed by atoms with Gasteiger partial charge in [0.05, 0.1) is 0 Å². The van der Waals surface area contributed by atoms with Crippen LogP contribution in [0.25, 0.3) is 0 Å². The van der Waals surface area contributed by atoms with Gasteiger partial charge in [0.15, 0.2) is 0 Å². The molecule has 2 unspecified atom stereocenters. The molecule has 66 valence electrons. The summed E-state index contributed by atoms with van der Waals surface area (Å²) in [6.07, 6.45) is 1.33. The standard InChI is InChI=1S/C9H19NS/c1-7(2)9-6-10-5-4-8(3)11-9/h7-10H,4-6H2,1-3H3. The third-order valence-electron chi connectivity index (χ3n) is 2.22. The van der Waals surface area contributed by atoms with E-state index in [4.69, 9.17) is 0 Å². The largest absolute Gasteiger partial charge is 0.316 e. The van der Waals surface area contributed by atoms with Crippen LogP contribution in [0.2, 0.25) is 0 Å². The fourth-order valence-corrected chi connectivity index (χ4v) is 2.74. The Morgan fingerprint density at radius 2 is 2.18 bits per heavy atom. The Morgan fingerprint density at radius 3 is 2.82 bits per heavy atom. The summed E-state index contributed by atoms with van der Waals surface area (Å²) in [7, 11) is 0. The summed E-state index contributed by atoms with van der Waals surface area (Å²) < 4.78 is 0. The SMILES string of the molecule is CC1CCNCC(C(C)C)S1. The average molecular weight is 173 g/mol. The van der Waals surface area contributed by atoms with E-state index in [0.717, 1.165) is 16.4 Å². The molecule has 1 aliphatic rings. The van der Waals surface area contributed by atoms with E-state index in [1.165, 1.54) is 19.5 Å². The van der Waals surface area contributed by atoms with Gasteiger partial charge in [0.1, 0.15) is 0 Å². The molecule has 0 bridgehead atoms. The Bertz CT molecular complexity index is 114. The maximum atomic E-state index is 3.49. The zero-order chi connectivity index (χ0) is 8.27. The van der Waals surface area contributed by atoms with Crippen LogP contribution in [-0.4, -0.2) is 23.6 Å². The van der Waals surface area contributed by atoms with E-state index in [1.54, 1.807) is 0 Å². The van der Waals surface area contributed by atoms with Gasteiger partial charge < -0.3 is 5.32 Å². The van der Waals surface area contributed by atoms with Crippen molar-refractivity contribution in [2.75, 3.05) is 13.1 Å². The van der Waals surface area contributed by atoms with Crippen molar-refractivity contribution < 1.29 is 0 Å². The van der Waals surface area contributed by atoms with Crippen LogP contribution < -0.4 is 5.32 Å². The molecule has 1 fully saturated rings. The van der Waals surface area contributed by atoms with Gasteiger partial charge in [0, 0.05) is 17.0 Å². The first-order chi connectivity index (χ1) is 5.20. The van der Waals surface area contributed by atoms with E-state index >= 15 is 0 Å². The normalized spacial score (nSPS) is 33.8. The molecule has 1 N–H and O–H groups in total. The summed E-state index contributed by atoms with van der Waals surface area (Å²) >= 11 is 2.15. The quantitative estimate of drug-likeness (QED) is 0.652. The van der Waals surface area contributed by atoms with Crippen LogP contribution in [-0.2, 0) is 0 Å². The molecule has 1 nitrogen and oxygen atoms in total. The smallest absolute Gasteiger partial charge is 0.0198 e. The third-order valence-corrected chi connectivity index (χ3v) is 3.98. The Balaban J connectivity index is 2.39. The molecule has 0 aromatic rings. The fraction of sp³-hybridized carbons (Fsp3) is 1.00. The van der Waals surface area contributed by atoms with E-state index in [-0.39, 0.29) is 0 Å². The van der Waals surface area contributed by atoms with Crippen LogP contribution in [0.4, 0.5) is 0 Å². The highest BCUT2D eigenvalue weighted by Gasteiger charge is 2.19. The molecular formula is C9H19NS. The molecule has 1 aliphatic heterocycles. The Labute approximate surface area is 74.3 Å². The van der Waals surface area contributed by atoms with Gasteiger partial charge in [-0.2, -0.15) is 11.8 Å². The molecule has 0 radical (unpaired) electrons. The molecular weight excluding hydrogens is 154 g/mol. The van der Waals surface area contributed by atoms with Crippen LogP contribution in [0.15, 0.2) is 0 Å². The highest BCUT2D eigenvalue weighted by molar-refractivity contribution is 8.00. The highest BCUT2D eigenvalue weighted by Crippen LogP contribution is 2.26. The summed E-state index contributed by atoms with van der Waals surface area (Å²) in [4.78, 5) is 0. The van der Waals surface area contributed by atoms with E-state index in [9.17, 15) is 0 Å². The Hall–Kier alpha value is 0.310. The first-order valence-corrected chi connectivity index (χ1v) is 5.50. The molecule has 0 aromatic carbocycles. The molecule has 0 amide bonds. The summed E-state index contributed by atoms with van der Waals surface area (Å²) in [5.41, 5.74) is 0. The lowest BCUT2D eigenvalue weighted by Crippen LogP contribution is -2.26. The lowest BCUT2D eigenvalue weighted by Gasteiger charge is -2.19. The van der Waals surface area contributed by atoms with E-state index in [0.29, 0.717) is 0 Å². The minimum atomic E-state index is 0.813. The molecule has 1 saturated heterocycles. The molecule has 1 rings (SSSR count). The van der Waals surface area contributed by atoms with Gasteiger partial charge in [0.25, 0.3) is 0 Å². The van der Waals surface area contributed by atoms with Crippen molar-refractivity contribution in [3.63, 3.8) is 0 Å². The van der Waals surface area contributed by atoms with E-state index in [1.807, 2.05) is 0 Å². The average Bonchev–Trinajstić information content (AvgIpc) is 2.13. The van der Waals surface area contributed by atoms with Crippen molar-refractivity contribution >= 4 is 11.8 Å². The topological polar surface area (TPSA) is 12.0 Å². The minimum Gasteiger partial charge on any atom is -0.316 e. The number of hydrogen-bond acceptors (Lipinski definition) is 2. The highest BCUT2D eigenvalue weighted by atomic mass is 32.2. The fourth-order valence-electron chi connectivity index (χ4n) is 1.36. The second-order valence-corrected chi connectivity index (χ2v) is 5.40. The van der Waals surface area contributed by atoms with Crippen LogP contribution >= 0.6 is 11.8 Å². The molecule has 0 spiro atoms. The predicted octanol–water partition coefficient (Wildman–Crippen LogP) is 2.13. The van der Waals surface area contributed by atoms with Crippen molar-refractivity contribution in [3.05, 3.63) is 0 Å². The molecule has 0 aliphatic carbocycles. The number of hydrogen-bond donors (Lipinski definition) is 1. The maximum Gasteiger partial charge on any atom is 0.0198 e. The lowest BCUT2D eigenvalue weighted by molar-refractivity contribution is 0.561. The van der Waals surface area contributed by atoms with Crippen LogP contribution in [0.5, 0.6) is 0 Å². The van der Waals surface area contributed by atoms with Crippen molar-refractivity contribution in [1.29, 1.82) is 0 Å². The van der Waals surface area contributed by atoms with Gasteiger partial charge >= 0.3 is 0 Å². The molecule has 0 aromatic heterocycles. The molecule has 1 heterocycles. The first kappa shape index (κ1) is 9.40. The van der Waals surface area contributed by atoms with Gasteiger partial charge in [0.2, 0.25) is 0 Å². The van der Waals surface area contributed by atoms with E-state index < -0.39 is 0 Å². The first-order valence-electron chi connectivity index (χ1n) is 4.56. The predicted molar refractivity (Wildman–Crippen MR) is 53.2 cm³/mol. The zero-order valence-corrected chi connectivity index (χ0v) is 8.58. The van der Waals surface area contributed by atoms with Crippen molar-refractivity contribution in [3.8, 4) is 0 Å². The summed E-state index contributed by atoms with van der Waals surface area (Å²) in [5.74, 6) is 0.813. The summed E-state index contributed by atoms with van der Waals surface area (Å²) in [5, 5.41) is 5.16. The lowest BCUT2D eigenvalue weighted by atomic mass is 10.1. The van der Waals surface area contributed by atoms with Crippen molar-refractivity contribution in [2.24, 2.45) is 5.92 Å². The van der Waals surface area contributed by atoms with Crippen molar-refractivity contribution in [2.45, 2.75) is 37.7 Å². The zero-order valence-electron chi connectivity index (χ0n) is 7.76. The van der Waals surface area contributed by atoms with Crippen LogP contribution in [0.1, 0.15) is 27.2 Å². The van der Waals surface area contributed by atoms with Gasteiger partial charge in [-0.3, -0.25) is 0 Å². The number of thioether (sulfide) groups is 1. The van der Waals surface area contributed by atoms with Gasteiger partial charge in [-0.05, 0) is 18.9 Å². The van der Waals surface area contributed by atoms with Gasteiger partial charge in [-0.1, -0.05) is 20.8 Å². The Kier molecular flexibility index (Phi) is 3.73. The van der Waals surface area contributed by atoms with Crippen molar-refractivity contribution in [1.82, 2.24) is 5.32 Å². The minimum absolute atomic E-state index is 0.813. The Morgan fingerprint density at radius 1 is 1.45 bits per heavy atom. The molecule has 2 atom stereocenters. The molecule has 11 heavy (non-hydrogen) atoms. The number of nitrogens with one attached hydrogen (secondary N) is 1. The van der Waals surface area contributed by atoms with Crippen LogP contribution in [0, 0.1) is 5.92 Å². The third kappa shape index (κ3) is 3.04. The maximum absolute atomic E-state index is 3.49. The molecule has 2 heteroatoms. The monoisotopic (exact) mass is 173 g/mol. The second kappa shape index (κ2) is 4.36. The summed E-state index contributed by atoms with van der Waals surface area (Å²) in [6.45, 7) is 9.38. The van der Waals surface area contributed by atoms with Crippen LogP contribution in [0.3, 0.4) is 0 Å². The van der Waals surface area contributed by atoms with Gasteiger partial charge in [-0.25, -0.2) is 0 Å².